The van der Waals surface area contributed by atoms with Gasteiger partial charge >= 0.3 is 0 Å². The monoisotopic (exact) mass is 329 g/mol. The maximum absolute atomic E-state index is 12.9. The molecule has 2 aliphatic rings. The molecule has 3 heterocycles. The Morgan fingerprint density at radius 2 is 2.21 bits per heavy atom. The summed E-state index contributed by atoms with van der Waals surface area (Å²) in [6.45, 7) is 5.48. The van der Waals surface area contributed by atoms with E-state index in [0.29, 0.717) is 18.1 Å². The highest BCUT2D eigenvalue weighted by Crippen LogP contribution is 2.29. The van der Waals surface area contributed by atoms with Gasteiger partial charge in [0.05, 0.1) is 5.92 Å². The van der Waals surface area contributed by atoms with Gasteiger partial charge in [0.25, 0.3) is 5.91 Å². The molecule has 1 saturated heterocycles. The van der Waals surface area contributed by atoms with Crippen LogP contribution in [0.25, 0.3) is 0 Å². The summed E-state index contributed by atoms with van der Waals surface area (Å²) >= 11 is 0. The van der Waals surface area contributed by atoms with Crippen molar-refractivity contribution in [3.8, 4) is 0 Å². The molecule has 0 radical (unpaired) electrons. The first-order valence-corrected chi connectivity index (χ1v) is 8.82. The zero-order valence-corrected chi connectivity index (χ0v) is 14.2. The van der Waals surface area contributed by atoms with Gasteiger partial charge in [-0.05, 0) is 32.1 Å². The topological polar surface area (TPSA) is 87.9 Å². The van der Waals surface area contributed by atoms with Crippen molar-refractivity contribution < 1.29 is 9.32 Å². The molecule has 2 aromatic rings. The van der Waals surface area contributed by atoms with E-state index in [2.05, 4.69) is 20.3 Å². The molecule has 7 nitrogen and oxygen atoms in total. The molecule has 0 saturated carbocycles. The maximum Gasteiger partial charge on any atom is 0.274 e. The van der Waals surface area contributed by atoms with Crippen molar-refractivity contribution in [2.24, 2.45) is 0 Å². The summed E-state index contributed by atoms with van der Waals surface area (Å²) in [5, 5.41) is 11.3. The fraction of sp³-hybridized carbons (Fsp3) is 0.647. The molecule has 1 fully saturated rings. The summed E-state index contributed by atoms with van der Waals surface area (Å²) in [5.41, 5.74) is 2.85. The predicted molar refractivity (Wildman–Crippen MR) is 86.9 cm³/mol. The fourth-order valence-corrected chi connectivity index (χ4v) is 3.66. The number of aryl methyl sites for hydroxylation is 1. The molecule has 2 aromatic heterocycles. The average molecular weight is 329 g/mol. The lowest BCUT2D eigenvalue weighted by Gasteiger charge is -2.30. The van der Waals surface area contributed by atoms with E-state index >= 15 is 0 Å². The van der Waals surface area contributed by atoms with E-state index in [-0.39, 0.29) is 17.7 Å². The first kappa shape index (κ1) is 15.4. The number of fused-ring (bicyclic) bond motifs is 1. The molecule has 1 N–H and O–H groups in total. The lowest BCUT2D eigenvalue weighted by Crippen LogP contribution is -2.39. The molecule has 1 aliphatic carbocycles. The van der Waals surface area contributed by atoms with E-state index in [1.807, 2.05) is 18.7 Å². The van der Waals surface area contributed by atoms with Crippen molar-refractivity contribution in [2.75, 3.05) is 13.1 Å². The highest BCUT2D eigenvalue weighted by atomic mass is 16.5. The molecule has 7 heteroatoms. The van der Waals surface area contributed by atoms with E-state index in [4.69, 9.17) is 4.52 Å². The Hall–Kier alpha value is -2.18. The smallest absolute Gasteiger partial charge is 0.274 e. The van der Waals surface area contributed by atoms with Crippen molar-refractivity contribution in [1.82, 2.24) is 25.2 Å². The Labute approximate surface area is 140 Å². The lowest BCUT2D eigenvalue weighted by atomic mass is 9.97. The Bertz CT molecular complexity index is 748. The molecular formula is C17H23N5O2. The number of carbonyl (C=O) groups is 1. The van der Waals surface area contributed by atoms with Crippen LogP contribution < -0.4 is 0 Å². The van der Waals surface area contributed by atoms with Crippen molar-refractivity contribution >= 4 is 5.91 Å². The number of aromatic nitrogens is 4. The molecule has 128 valence electrons. The number of carbonyl (C=O) groups excluding carboxylic acids is 1. The molecule has 0 aromatic carbocycles. The highest BCUT2D eigenvalue weighted by molar-refractivity contribution is 5.94. The van der Waals surface area contributed by atoms with Crippen LogP contribution in [0.4, 0.5) is 0 Å². The number of H-pyrrole nitrogens is 1. The third kappa shape index (κ3) is 2.61. The number of hydrogen-bond acceptors (Lipinski definition) is 5. The number of nitrogens with one attached hydrogen (secondary N) is 1. The van der Waals surface area contributed by atoms with E-state index in [9.17, 15) is 4.79 Å². The number of aromatic amines is 1. The van der Waals surface area contributed by atoms with Gasteiger partial charge in [0, 0.05) is 30.3 Å². The van der Waals surface area contributed by atoms with Crippen LogP contribution in [0.15, 0.2) is 4.52 Å². The fourth-order valence-electron chi connectivity index (χ4n) is 3.66. The Kier molecular flexibility index (Phi) is 3.86. The predicted octanol–water partition coefficient (Wildman–Crippen LogP) is 2.42. The summed E-state index contributed by atoms with van der Waals surface area (Å²) in [6.07, 6.45) is 4.97. The maximum atomic E-state index is 12.9. The van der Waals surface area contributed by atoms with Crippen LogP contribution in [0.2, 0.25) is 0 Å². The molecular weight excluding hydrogens is 306 g/mol. The summed E-state index contributed by atoms with van der Waals surface area (Å²) in [4.78, 5) is 19.3. The normalized spacial score (nSPS) is 20.6. The Morgan fingerprint density at radius 1 is 1.33 bits per heavy atom. The lowest BCUT2D eigenvalue weighted by molar-refractivity contribution is 0.0688. The van der Waals surface area contributed by atoms with E-state index < -0.39 is 0 Å². The summed E-state index contributed by atoms with van der Waals surface area (Å²) in [7, 11) is 0. The van der Waals surface area contributed by atoms with Gasteiger partial charge < -0.3 is 9.42 Å². The van der Waals surface area contributed by atoms with E-state index in [1.165, 1.54) is 0 Å². The largest absolute Gasteiger partial charge is 0.339 e. The molecule has 0 spiro atoms. The van der Waals surface area contributed by atoms with Gasteiger partial charge in [-0.3, -0.25) is 9.89 Å². The highest BCUT2D eigenvalue weighted by Gasteiger charge is 2.32. The third-order valence-electron chi connectivity index (χ3n) is 5.04. The van der Waals surface area contributed by atoms with Gasteiger partial charge in [0.1, 0.15) is 0 Å². The van der Waals surface area contributed by atoms with Crippen LogP contribution in [-0.4, -0.2) is 44.2 Å². The van der Waals surface area contributed by atoms with Crippen LogP contribution in [0.5, 0.6) is 0 Å². The second kappa shape index (κ2) is 6.03. The first-order chi connectivity index (χ1) is 11.6. The number of nitrogens with zero attached hydrogens (tertiary/aromatic N) is 4. The second-order valence-electron chi connectivity index (χ2n) is 7.12. The summed E-state index contributed by atoms with van der Waals surface area (Å²) < 4.78 is 5.44. The minimum Gasteiger partial charge on any atom is -0.339 e. The molecule has 0 unspecified atom stereocenters. The average Bonchev–Trinajstić information content (AvgIpc) is 3.30. The van der Waals surface area contributed by atoms with Crippen LogP contribution in [-0.2, 0) is 12.8 Å². The van der Waals surface area contributed by atoms with Crippen LogP contribution in [0, 0.1) is 0 Å². The summed E-state index contributed by atoms with van der Waals surface area (Å²) in [5.74, 6) is 1.79. The minimum atomic E-state index is 0.0303. The SMILES string of the molecule is CC(C)c1noc([C@H]2CCCN(C(=O)c3n[nH]c4c3CCC4)C2)n1. The van der Waals surface area contributed by atoms with E-state index in [0.717, 1.165) is 55.7 Å². The standard InChI is InChI=1S/C17H23N5O2/c1-10(2)15-18-16(24-21-15)11-5-4-8-22(9-11)17(23)14-12-6-3-7-13(12)19-20-14/h10-11H,3-9H2,1-2H3,(H,19,20)/t11-/m0/s1. The van der Waals surface area contributed by atoms with Crippen LogP contribution in [0.3, 0.4) is 0 Å². The molecule has 1 amide bonds. The molecule has 0 bridgehead atoms. The zero-order valence-electron chi connectivity index (χ0n) is 14.2. The number of piperidine rings is 1. The van der Waals surface area contributed by atoms with Gasteiger partial charge in [-0.15, -0.1) is 0 Å². The molecule has 1 aliphatic heterocycles. The third-order valence-corrected chi connectivity index (χ3v) is 5.04. The Balaban J connectivity index is 1.50. The van der Waals surface area contributed by atoms with Gasteiger partial charge in [-0.25, -0.2) is 0 Å². The number of likely N-dealkylation sites (tertiary alicyclic amines) is 1. The number of rotatable bonds is 3. The summed E-state index contributed by atoms with van der Waals surface area (Å²) in [6, 6.07) is 0. The minimum absolute atomic E-state index is 0.0303. The molecule has 4 rings (SSSR count). The Morgan fingerprint density at radius 3 is 3.00 bits per heavy atom. The second-order valence-corrected chi connectivity index (χ2v) is 7.12. The van der Waals surface area contributed by atoms with Gasteiger partial charge in [-0.2, -0.15) is 10.1 Å². The number of hydrogen-bond donors (Lipinski definition) is 1. The van der Waals surface area contributed by atoms with Crippen molar-refractivity contribution in [3.05, 3.63) is 28.7 Å². The quantitative estimate of drug-likeness (QED) is 0.934. The van der Waals surface area contributed by atoms with Gasteiger partial charge in [0.15, 0.2) is 11.5 Å². The zero-order chi connectivity index (χ0) is 16.7. The van der Waals surface area contributed by atoms with Crippen molar-refractivity contribution in [1.29, 1.82) is 0 Å². The van der Waals surface area contributed by atoms with Crippen LogP contribution in [0.1, 0.15) is 78.4 Å². The van der Waals surface area contributed by atoms with E-state index in [1.54, 1.807) is 0 Å². The molecule has 24 heavy (non-hydrogen) atoms. The first-order valence-electron chi connectivity index (χ1n) is 8.82. The van der Waals surface area contributed by atoms with Crippen molar-refractivity contribution in [3.63, 3.8) is 0 Å². The van der Waals surface area contributed by atoms with Crippen LogP contribution >= 0.6 is 0 Å². The van der Waals surface area contributed by atoms with Gasteiger partial charge in [0.2, 0.25) is 5.89 Å². The van der Waals surface area contributed by atoms with Crippen molar-refractivity contribution in [2.45, 2.75) is 57.8 Å². The number of amides is 1. The van der Waals surface area contributed by atoms with Gasteiger partial charge in [-0.1, -0.05) is 19.0 Å². The molecule has 1 atom stereocenters.